The van der Waals surface area contributed by atoms with Gasteiger partial charge in [0.2, 0.25) is 0 Å². The summed E-state index contributed by atoms with van der Waals surface area (Å²) in [6.45, 7) is 8.39. The molecule has 14 heavy (non-hydrogen) atoms. The number of rotatable bonds is 3. The monoisotopic (exact) mass is 190 g/mol. The standard InChI is InChI=1S/C12H18N2/c1-5-7-12-11(10(3)4)9-13-14(12)8-6-2/h5-10H,1-4H3/b7-5-,8-6-. The second-order valence-electron chi connectivity index (χ2n) is 3.57. The van der Waals surface area contributed by atoms with Crippen LogP contribution in [-0.4, -0.2) is 9.78 Å². The van der Waals surface area contributed by atoms with Gasteiger partial charge in [-0.25, -0.2) is 4.68 Å². The molecule has 0 aliphatic heterocycles. The molecule has 0 fully saturated rings. The van der Waals surface area contributed by atoms with E-state index >= 15 is 0 Å². The van der Waals surface area contributed by atoms with E-state index in [0.29, 0.717) is 5.92 Å². The molecule has 0 amide bonds. The predicted molar refractivity (Wildman–Crippen MR) is 62.0 cm³/mol. The van der Waals surface area contributed by atoms with Crippen LogP contribution in [-0.2, 0) is 0 Å². The summed E-state index contributed by atoms with van der Waals surface area (Å²) in [6.07, 6.45) is 10.1. The molecule has 0 aliphatic carbocycles. The van der Waals surface area contributed by atoms with E-state index in [0.717, 1.165) is 0 Å². The van der Waals surface area contributed by atoms with Crippen molar-refractivity contribution in [3.05, 3.63) is 29.6 Å². The quantitative estimate of drug-likeness (QED) is 0.713. The molecule has 0 unspecified atom stereocenters. The Hall–Kier alpha value is -1.31. The zero-order valence-electron chi connectivity index (χ0n) is 9.36. The SMILES string of the molecule is C/C=C\c1c(C(C)C)cnn1/C=C\C. The lowest BCUT2D eigenvalue weighted by molar-refractivity contribution is 0.860. The lowest BCUT2D eigenvalue weighted by atomic mass is 10.0. The van der Waals surface area contributed by atoms with Gasteiger partial charge in [-0.15, -0.1) is 0 Å². The average Bonchev–Trinajstić information content (AvgIpc) is 2.50. The summed E-state index contributed by atoms with van der Waals surface area (Å²) in [4.78, 5) is 0. The first-order chi connectivity index (χ1) is 6.70. The van der Waals surface area contributed by atoms with Crippen LogP contribution in [0.1, 0.15) is 44.9 Å². The fourth-order valence-corrected chi connectivity index (χ4v) is 1.42. The molecule has 0 saturated carbocycles. The van der Waals surface area contributed by atoms with E-state index in [1.807, 2.05) is 43.1 Å². The Morgan fingerprint density at radius 3 is 2.50 bits per heavy atom. The fourth-order valence-electron chi connectivity index (χ4n) is 1.42. The van der Waals surface area contributed by atoms with E-state index in [9.17, 15) is 0 Å². The first-order valence-corrected chi connectivity index (χ1v) is 5.03. The predicted octanol–water partition coefficient (Wildman–Crippen LogP) is 3.53. The molecule has 0 atom stereocenters. The van der Waals surface area contributed by atoms with Gasteiger partial charge >= 0.3 is 0 Å². The number of nitrogens with zero attached hydrogens (tertiary/aromatic N) is 2. The molecule has 0 N–H and O–H groups in total. The lowest BCUT2D eigenvalue weighted by Crippen LogP contribution is -1.94. The van der Waals surface area contributed by atoms with Crippen molar-refractivity contribution >= 4 is 12.3 Å². The molecule has 0 aliphatic rings. The maximum absolute atomic E-state index is 4.32. The number of hydrogen-bond donors (Lipinski definition) is 0. The highest BCUT2D eigenvalue weighted by atomic mass is 15.3. The van der Waals surface area contributed by atoms with Gasteiger partial charge in [0.1, 0.15) is 0 Å². The molecule has 0 spiro atoms. The molecular weight excluding hydrogens is 172 g/mol. The molecule has 1 rings (SSSR count). The van der Waals surface area contributed by atoms with Crippen molar-refractivity contribution in [2.75, 3.05) is 0 Å². The molecule has 0 saturated heterocycles. The van der Waals surface area contributed by atoms with E-state index in [1.165, 1.54) is 11.3 Å². The van der Waals surface area contributed by atoms with Gasteiger partial charge in [0.05, 0.1) is 11.9 Å². The molecule has 0 radical (unpaired) electrons. The Kier molecular flexibility index (Phi) is 3.69. The van der Waals surface area contributed by atoms with E-state index in [1.54, 1.807) is 0 Å². The van der Waals surface area contributed by atoms with Gasteiger partial charge < -0.3 is 0 Å². The summed E-state index contributed by atoms with van der Waals surface area (Å²) in [5.41, 5.74) is 2.47. The van der Waals surface area contributed by atoms with Crippen LogP contribution < -0.4 is 0 Å². The van der Waals surface area contributed by atoms with Gasteiger partial charge in [0.15, 0.2) is 0 Å². The summed E-state index contributed by atoms with van der Waals surface area (Å²) in [7, 11) is 0. The second-order valence-corrected chi connectivity index (χ2v) is 3.57. The number of allylic oxidation sites excluding steroid dienone is 2. The topological polar surface area (TPSA) is 17.8 Å². The zero-order chi connectivity index (χ0) is 10.6. The molecule has 2 heteroatoms. The van der Waals surface area contributed by atoms with Gasteiger partial charge in [-0.1, -0.05) is 26.0 Å². The molecular formula is C12H18N2. The van der Waals surface area contributed by atoms with E-state index in [2.05, 4.69) is 25.0 Å². The van der Waals surface area contributed by atoms with E-state index < -0.39 is 0 Å². The Morgan fingerprint density at radius 1 is 1.29 bits per heavy atom. The number of hydrogen-bond acceptors (Lipinski definition) is 1. The van der Waals surface area contributed by atoms with Gasteiger partial charge in [0.25, 0.3) is 0 Å². The van der Waals surface area contributed by atoms with Crippen molar-refractivity contribution in [1.29, 1.82) is 0 Å². The summed E-state index contributed by atoms with van der Waals surface area (Å²) in [5, 5.41) is 4.32. The molecule has 1 aromatic heterocycles. The average molecular weight is 190 g/mol. The highest BCUT2D eigenvalue weighted by Crippen LogP contribution is 2.20. The van der Waals surface area contributed by atoms with Crippen molar-refractivity contribution in [3.63, 3.8) is 0 Å². The third kappa shape index (κ3) is 2.13. The van der Waals surface area contributed by atoms with Crippen LogP contribution in [0.3, 0.4) is 0 Å². The maximum atomic E-state index is 4.32. The van der Waals surface area contributed by atoms with Crippen LogP contribution in [0.5, 0.6) is 0 Å². The third-order valence-corrected chi connectivity index (χ3v) is 2.10. The van der Waals surface area contributed by atoms with Crippen LogP contribution in [0.15, 0.2) is 18.3 Å². The largest absolute Gasteiger partial charge is 0.241 e. The van der Waals surface area contributed by atoms with Gasteiger partial charge in [-0.2, -0.15) is 5.10 Å². The van der Waals surface area contributed by atoms with Crippen molar-refractivity contribution in [2.45, 2.75) is 33.6 Å². The van der Waals surface area contributed by atoms with Crippen molar-refractivity contribution < 1.29 is 0 Å². The van der Waals surface area contributed by atoms with Crippen LogP contribution in [0, 0.1) is 0 Å². The minimum Gasteiger partial charge on any atom is -0.241 e. The molecule has 0 bridgehead atoms. The Balaban J connectivity index is 3.19. The van der Waals surface area contributed by atoms with E-state index in [4.69, 9.17) is 0 Å². The van der Waals surface area contributed by atoms with Crippen molar-refractivity contribution in [1.82, 2.24) is 9.78 Å². The summed E-state index contributed by atoms with van der Waals surface area (Å²) in [5.74, 6) is 0.514. The third-order valence-electron chi connectivity index (χ3n) is 2.10. The second kappa shape index (κ2) is 4.80. The minimum absolute atomic E-state index is 0.514. The molecule has 0 aromatic carbocycles. The van der Waals surface area contributed by atoms with Crippen molar-refractivity contribution in [2.24, 2.45) is 0 Å². The van der Waals surface area contributed by atoms with Gasteiger partial charge in [0, 0.05) is 11.8 Å². The molecule has 1 heterocycles. The smallest absolute Gasteiger partial charge is 0.0692 e. The fraction of sp³-hybridized carbons (Fsp3) is 0.417. The van der Waals surface area contributed by atoms with Crippen molar-refractivity contribution in [3.8, 4) is 0 Å². The van der Waals surface area contributed by atoms with Gasteiger partial charge in [-0.05, 0) is 25.8 Å². The normalized spacial score (nSPS) is 12.4. The van der Waals surface area contributed by atoms with Crippen LogP contribution in [0.4, 0.5) is 0 Å². The van der Waals surface area contributed by atoms with Crippen LogP contribution in [0.25, 0.3) is 12.3 Å². The zero-order valence-corrected chi connectivity index (χ0v) is 9.36. The molecule has 76 valence electrons. The molecule has 2 nitrogen and oxygen atoms in total. The van der Waals surface area contributed by atoms with E-state index in [-0.39, 0.29) is 0 Å². The number of aromatic nitrogens is 2. The Bertz CT molecular complexity index is 343. The van der Waals surface area contributed by atoms with Gasteiger partial charge in [-0.3, -0.25) is 0 Å². The Morgan fingerprint density at radius 2 is 2.00 bits per heavy atom. The lowest BCUT2D eigenvalue weighted by Gasteiger charge is -2.04. The summed E-state index contributed by atoms with van der Waals surface area (Å²) in [6, 6.07) is 0. The highest BCUT2D eigenvalue weighted by molar-refractivity contribution is 5.53. The van der Waals surface area contributed by atoms with Crippen LogP contribution in [0.2, 0.25) is 0 Å². The highest BCUT2D eigenvalue weighted by Gasteiger charge is 2.09. The molecule has 1 aromatic rings. The first-order valence-electron chi connectivity index (χ1n) is 5.03. The summed E-state index contributed by atoms with van der Waals surface area (Å²) >= 11 is 0. The van der Waals surface area contributed by atoms with Crippen LogP contribution >= 0.6 is 0 Å². The minimum atomic E-state index is 0.514. The first kappa shape index (κ1) is 10.8. The maximum Gasteiger partial charge on any atom is 0.0692 e. The Labute approximate surface area is 85.9 Å². The summed E-state index contributed by atoms with van der Waals surface area (Å²) < 4.78 is 1.91.